The lowest BCUT2D eigenvalue weighted by Gasteiger charge is -2.17. The van der Waals surface area contributed by atoms with Crippen molar-refractivity contribution in [3.05, 3.63) is 60.1 Å². The van der Waals surface area contributed by atoms with Crippen LogP contribution in [-0.4, -0.2) is 42.4 Å². The summed E-state index contributed by atoms with van der Waals surface area (Å²) in [7, 11) is 3.15. The Morgan fingerprint density at radius 2 is 1.84 bits per heavy atom. The first-order chi connectivity index (χ1) is 14.7. The number of nitrogens with zero attached hydrogens (tertiary/aromatic N) is 3. The first kappa shape index (κ1) is 21.8. The monoisotopic (exact) mass is 433 g/mol. The highest BCUT2D eigenvalue weighted by Crippen LogP contribution is 2.35. The van der Waals surface area contributed by atoms with Gasteiger partial charge in [-0.15, -0.1) is 0 Å². The van der Waals surface area contributed by atoms with E-state index < -0.39 is 23.5 Å². The highest BCUT2D eigenvalue weighted by molar-refractivity contribution is 6.04. The van der Waals surface area contributed by atoms with Gasteiger partial charge >= 0.3 is 6.18 Å². The maximum atomic E-state index is 13.4. The average Bonchev–Trinajstić information content (AvgIpc) is 3.21. The highest BCUT2D eigenvalue weighted by atomic mass is 19.4. The number of pyridine rings is 1. The molecular weight excluding hydrogens is 415 g/mol. The maximum Gasteiger partial charge on any atom is 0.452 e. The molecule has 8 nitrogen and oxygen atoms in total. The zero-order valence-electron chi connectivity index (χ0n) is 16.5. The summed E-state index contributed by atoms with van der Waals surface area (Å²) < 4.78 is 45.0. The van der Waals surface area contributed by atoms with Crippen LogP contribution in [-0.2, 0) is 11.0 Å². The lowest BCUT2D eigenvalue weighted by atomic mass is 10.2. The van der Waals surface area contributed by atoms with Gasteiger partial charge in [0.15, 0.2) is 5.69 Å². The molecule has 0 radical (unpaired) electrons. The van der Waals surface area contributed by atoms with Gasteiger partial charge in [0.25, 0.3) is 5.91 Å². The Kier molecular flexibility index (Phi) is 6.23. The van der Waals surface area contributed by atoms with Crippen LogP contribution in [0.1, 0.15) is 16.2 Å². The van der Waals surface area contributed by atoms with E-state index in [0.717, 1.165) is 0 Å². The number of aromatic nitrogens is 2. The SMILES string of the molecule is CNC(=O)CN(C)c1ccc(NC(=O)c2nc(-c3ccccc3)oc2C(F)(F)F)cn1. The Labute approximate surface area is 175 Å². The Morgan fingerprint density at radius 3 is 2.42 bits per heavy atom. The number of carbonyl (C=O) groups is 2. The van der Waals surface area contributed by atoms with Crippen molar-refractivity contribution in [3.8, 4) is 11.5 Å². The predicted molar refractivity (Wildman–Crippen MR) is 106 cm³/mol. The van der Waals surface area contributed by atoms with E-state index in [-0.39, 0.29) is 24.0 Å². The van der Waals surface area contributed by atoms with Crippen molar-refractivity contribution < 1.29 is 27.2 Å². The normalized spacial score (nSPS) is 11.1. The zero-order valence-corrected chi connectivity index (χ0v) is 16.5. The molecule has 0 saturated heterocycles. The van der Waals surface area contributed by atoms with Crippen molar-refractivity contribution in [3.63, 3.8) is 0 Å². The quantitative estimate of drug-likeness (QED) is 0.619. The van der Waals surface area contributed by atoms with Gasteiger partial charge in [-0.05, 0) is 24.3 Å². The van der Waals surface area contributed by atoms with Crippen LogP contribution < -0.4 is 15.5 Å². The van der Waals surface area contributed by atoms with Crippen molar-refractivity contribution in [2.75, 3.05) is 30.9 Å². The third-order valence-corrected chi connectivity index (χ3v) is 4.18. The Balaban J connectivity index is 1.81. The summed E-state index contributed by atoms with van der Waals surface area (Å²) >= 11 is 0. The number of hydrogen-bond donors (Lipinski definition) is 2. The lowest BCUT2D eigenvalue weighted by molar-refractivity contribution is -0.153. The molecule has 1 aromatic carbocycles. The number of alkyl halides is 3. The fraction of sp³-hybridized carbons (Fsp3) is 0.200. The smallest absolute Gasteiger partial charge is 0.431 e. The van der Waals surface area contributed by atoms with Gasteiger partial charge in [0.05, 0.1) is 18.4 Å². The fourth-order valence-corrected chi connectivity index (χ4v) is 2.62. The number of carbonyl (C=O) groups excluding carboxylic acids is 2. The second kappa shape index (κ2) is 8.86. The molecule has 2 heterocycles. The van der Waals surface area contributed by atoms with Gasteiger partial charge in [-0.1, -0.05) is 18.2 Å². The van der Waals surface area contributed by atoms with Gasteiger partial charge in [-0.2, -0.15) is 13.2 Å². The van der Waals surface area contributed by atoms with Crippen molar-refractivity contribution in [1.82, 2.24) is 15.3 Å². The maximum absolute atomic E-state index is 13.4. The van der Waals surface area contributed by atoms with Crippen LogP contribution in [0.15, 0.2) is 53.1 Å². The van der Waals surface area contributed by atoms with Gasteiger partial charge in [0.2, 0.25) is 17.6 Å². The van der Waals surface area contributed by atoms with Gasteiger partial charge in [-0.3, -0.25) is 9.59 Å². The van der Waals surface area contributed by atoms with Gasteiger partial charge < -0.3 is 20.0 Å². The molecule has 2 N–H and O–H groups in total. The van der Waals surface area contributed by atoms with Crippen LogP contribution in [0, 0.1) is 0 Å². The second-order valence-electron chi connectivity index (χ2n) is 6.45. The Hall–Kier alpha value is -3.89. The standard InChI is InChI=1S/C20H18F3N5O3/c1-24-15(29)11-28(2)14-9-8-13(10-25-14)26-18(30)16-17(20(21,22)23)31-19(27-16)12-6-4-3-5-7-12/h3-10H,11H2,1-2H3,(H,24,29)(H,26,30). The summed E-state index contributed by atoms with van der Waals surface area (Å²) in [5, 5.41) is 4.81. The first-order valence-corrected chi connectivity index (χ1v) is 9.01. The topological polar surface area (TPSA) is 100 Å². The molecule has 0 bridgehead atoms. The molecule has 162 valence electrons. The van der Waals surface area contributed by atoms with E-state index in [4.69, 9.17) is 4.42 Å². The molecule has 0 aliphatic carbocycles. The number of likely N-dealkylation sites (N-methyl/N-ethyl adjacent to an activating group) is 2. The van der Waals surface area contributed by atoms with E-state index >= 15 is 0 Å². The van der Waals surface area contributed by atoms with Crippen LogP contribution >= 0.6 is 0 Å². The Bertz CT molecular complexity index is 1070. The number of oxazole rings is 1. The van der Waals surface area contributed by atoms with Crippen LogP contribution in [0.25, 0.3) is 11.5 Å². The molecule has 3 rings (SSSR count). The number of nitrogens with one attached hydrogen (secondary N) is 2. The Morgan fingerprint density at radius 1 is 1.13 bits per heavy atom. The number of hydrogen-bond acceptors (Lipinski definition) is 6. The molecule has 0 saturated carbocycles. The molecule has 2 amide bonds. The number of halogens is 3. The third-order valence-electron chi connectivity index (χ3n) is 4.18. The molecule has 31 heavy (non-hydrogen) atoms. The van der Waals surface area contributed by atoms with Gasteiger partial charge in [0, 0.05) is 19.7 Å². The summed E-state index contributed by atoms with van der Waals surface area (Å²) in [6.07, 6.45) is -3.64. The lowest BCUT2D eigenvalue weighted by Crippen LogP contribution is -2.33. The number of amides is 2. The largest absolute Gasteiger partial charge is 0.452 e. The van der Waals surface area contributed by atoms with E-state index in [9.17, 15) is 22.8 Å². The number of benzene rings is 1. The number of rotatable bonds is 6. The van der Waals surface area contributed by atoms with Crippen LogP contribution in [0.3, 0.4) is 0 Å². The predicted octanol–water partition coefficient (Wildman–Crippen LogP) is 3.19. The van der Waals surface area contributed by atoms with E-state index in [1.807, 2.05) is 0 Å². The van der Waals surface area contributed by atoms with Crippen molar-refractivity contribution in [2.45, 2.75) is 6.18 Å². The van der Waals surface area contributed by atoms with Crippen LogP contribution in [0.5, 0.6) is 0 Å². The molecular formula is C20H18F3N5O3. The summed E-state index contributed by atoms with van der Waals surface area (Å²) in [6, 6.07) is 10.9. The van der Waals surface area contributed by atoms with E-state index in [0.29, 0.717) is 11.4 Å². The minimum Gasteiger partial charge on any atom is -0.431 e. The van der Waals surface area contributed by atoms with E-state index in [1.165, 1.54) is 37.5 Å². The minimum atomic E-state index is -4.91. The number of anilines is 2. The molecule has 0 unspecified atom stereocenters. The van der Waals surface area contributed by atoms with Gasteiger partial charge in [0.1, 0.15) is 5.82 Å². The molecule has 2 aromatic heterocycles. The molecule has 0 spiro atoms. The molecule has 0 fully saturated rings. The second-order valence-corrected chi connectivity index (χ2v) is 6.45. The van der Waals surface area contributed by atoms with Crippen LogP contribution in [0.2, 0.25) is 0 Å². The molecule has 0 atom stereocenters. The minimum absolute atomic E-state index is 0.0609. The average molecular weight is 433 g/mol. The zero-order chi connectivity index (χ0) is 22.6. The molecule has 0 aliphatic rings. The van der Waals surface area contributed by atoms with E-state index in [1.54, 1.807) is 30.1 Å². The summed E-state index contributed by atoms with van der Waals surface area (Å²) in [5.41, 5.74) is -0.427. The molecule has 11 heteroatoms. The molecule has 3 aromatic rings. The molecule has 0 aliphatic heterocycles. The van der Waals surface area contributed by atoms with Gasteiger partial charge in [-0.25, -0.2) is 9.97 Å². The van der Waals surface area contributed by atoms with Crippen LogP contribution in [0.4, 0.5) is 24.7 Å². The first-order valence-electron chi connectivity index (χ1n) is 9.01. The summed E-state index contributed by atoms with van der Waals surface area (Å²) in [5.74, 6) is -2.68. The summed E-state index contributed by atoms with van der Waals surface area (Å²) in [4.78, 5) is 33.4. The highest BCUT2D eigenvalue weighted by Gasteiger charge is 2.42. The fourth-order valence-electron chi connectivity index (χ4n) is 2.62. The van der Waals surface area contributed by atoms with Crippen molar-refractivity contribution in [1.29, 1.82) is 0 Å². The summed E-state index contributed by atoms with van der Waals surface area (Å²) in [6.45, 7) is 0.0609. The van der Waals surface area contributed by atoms with Crippen molar-refractivity contribution >= 4 is 23.3 Å². The third kappa shape index (κ3) is 5.18. The van der Waals surface area contributed by atoms with Crippen molar-refractivity contribution in [2.24, 2.45) is 0 Å². The van der Waals surface area contributed by atoms with E-state index in [2.05, 4.69) is 20.6 Å².